The summed E-state index contributed by atoms with van der Waals surface area (Å²) in [4.78, 5) is 13.0. The molecule has 5 nitrogen and oxygen atoms in total. The van der Waals surface area contributed by atoms with E-state index in [1.54, 1.807) is 12.1 Å². The Labute approximate surface area is 123 Å². The quantitative estimate of drug-likeness (QED) is 0.685. The van der Waals surface area contributed by atoms with E-state index in [9.17, 15) is 10.1 Å². The van der Waals surface area contributed by atoms with Crippen LogP contribution in [0.1, 0.15) is 25.3 Å². The molecule has 1 fully saturated rings. The minimum atomic E-state index is -0.365. The maximum Gasteiger partial charge on any atom is 0.275 e. The van der Waals surface area contributed by atoms with Crippen LogP contribution in [0.5, 0.6) is 0 Å². The number of halogens is 1. The average molecular weight is 298 g/mol. The lowest BCUT2D eigenvalue weighted by Crippen LogP contribution is -2.43. The lowest BCUT2D eigenvalue weighted by molar-refractivity contribution is -0.385. The molecule has 0 spiro atoms. The van der Waals surface area contributed by atoms with Crippen LogP contribution in [0.3, 0.4) is 0 Å². The molecule has 2 N–H and O–H groups in total. The third kappa shape index (κ3) is 3.29. The molecule has 0 aromatic heterocycles. The molecule has 110 valence electrons. The van der Waals surface area contributed by atoms with Crippen LogP contribution in [-0.4, -0.2) is 29.0 Å². The van der Waals surface area contributed by atoms with Crippen molar-refractivity contribution in [2.75, 3.05) is 13.1 Å². The summed E-state index contributed by atoms with van der Waals surface area (Å²) in [6.07, 6.45) is 2.19. The van der Waals surface area contributed by atoms with Crippen molar-refractivity contribution in [2.45, 2.75) is 32.4 Å². The molecule has 0 aliphatic carbocycles. The van der Waals surface area contributed by atoms with Crippen LogP contribution in [0, 0.1) is 16.0 Å². The Balaban J connectivity index is 2.22. The number of hydrogen-bond donors (Lipinski definition) is 1. The smallest absolute Gasteiger partial charge is 0.275 e. The first-order chi connectivity index (χ1) is 9.52. The number of likely N-dealkylation sites (tertiary alicyclic amines) is 1. The Morgan fingerprint density at radius 2 is 2.25 bits per heavy atom. The zero-order chi connectivity index (χ0) is 14.7. The minimum absolute atomic E-state index is 0.0968. The van der Waals surface area contributed by atoms with E-state index in [4.69, 9.17) is 17.3 Å². The van der Waals surface area contributed by atoms with E-state index in [1.165, 1.54) is 6.07 Å². The summed E-state index contributed by atoms with van der Waals surface area (Å²) in [6, 6.07) is 5.23. The molecule has 2 rings (SSSR count). The fourth-order valence-electron chi connectivity index (χ4n) is 2.75. The van der Waals surface area contributed by atoms with Gasteiger partial charge in [0.25, 0.3) is 5.69 Å². The van der Waals surface area contributed by atoms with Crippen molar-refractivity contribution < 1.29 is 4.92 Å². The molecule has 0 saturated carbocycles. The molecule has 1 saturated heterocycles. The van der Waals surface area contributed by atoms with Gasteiger partial charge in [-0.05, 0) is 38.3 Å². The summed E-state index contributed by atoms with van der Waals surface area (Å²) in [7, 11) is 0. The predicted octanol–water partition coefficient (Wildman–Crippen LogP) is 2.81. The van der Waals surface area contributed by atoms with Crippen LogP contribution in [0.25, 0.3) is 0 Å². The number of nitro groups is 1. The van der Waals surface area contributed by atoms with E-state index < -0.39 is 0 Å². The number of hydrogen-bond acceptors (Lipinski definition) is 4. The van der Waals surface area contributed by atoms with E-state index >= 15 is 0 Å². The maximum atomic E-state index is 11.1. The van der Waals surface area contributed by atoms with Gasteiger partial charge in [0.15, 0.2) is 0 Å². The lowest BCUT2D eigenvalue weighted by Gasteiger charge is -2.37. The van der Waals surface area contributed by atoms with E-state index in [0.29, 0.717) is 35.6 Å². The first kappa shape index (κ1) is 15.2. The van der Waals surface area contributed by atoms with Crippen molar-refractivity contribution >= 4 is 17.3 Å². The zero-order valence-corrected chi connectivity index (χ0v) is 12.3. The molecule has 2 atom stereocenters. The van der Waals surface area contributed by atoms with Gasteiger partial charge in [-0.15, -0.1) is 0 Å². The molecule has 6 heteroatoms. The highest BCUT2D eigenvalue weighted by molar-refractivity contribution is 6.31. The van der Waals surface area contributed by atoms with Crippen molar-refractivity contribution in [2.24, 2.45) is 11.7 Å². The molecule has 1 aliphatic rings. The Morgan fingerprint density at radius 3 is 2.90 bits per heavy atom. The molecular formula is C14H20ClN3O2. The number of piperidine rings is 1. The summed E-state index contributed by atoms with van der Waals surface area (Å²) in [5, 5.41) is 11.6. The molecule has 1 aromatic carbocycles. The number of benzene rings is 1. The van der Waals surface area contributed by atoms with Crippen LogP contribution in [0.15, 0.2) is 18.2 Å². The number of nitro benzene ring substituents is 1. The first-order valence-electron chi connectivity index (χ1n) is 6.88. The van der Waals surface area contributed by atoms with E-state index in [-0.39, 0.29) is 10.6 Å². The monoisotopic (exact) mass is 297 g/mol. The fourth-order valence-corrected chi connectivity index (χ4v) is 2.98. The van der Waals surface area contributed by atoms with Crippen molar-refractivity contribution in [1.82, 2.24) is 4.90 Å². The third-order valence-corrected chi connectivity index (χ3v) is 4.45. The molecule has 1 heterocycles. The van der Waals surface area contributed by atoms with Crippen LogP contribution in [-0.2, 0) is 6.54 Å². The normalized spacial score (nSPS) is 23.8. The second-order valence-electron chi connectivity index (χ2n) is 5.45. The number of nitrogens with two attached hydrogens (primary N) is 1. The van der Waals surface area contributed by atoms with Gasteiger partial charge in [0.1, 0.15) is 0 Å². The first-order valence-corrected chi connectivity index (χ1v) is 7.26. The van der Waals surface area contributed by atoms with Crippen molar-refractivity contribution in [1.29, 1.82) is 0 Å². The van der Waals surface area contributed by atoms with Crippen molar-refractivity contribution in [3.63, 3.8) is 0 Å². The highest BCUT2D eigenvalue weighted by atomic mass is 35.5. The predicted molar refractivity (Wildman–Crippen MR) is 79.8 cm³/mol. The fraction of sp³-hybridized carbons (Fsp3) is 0.571. The standard InChI is InChI=1S/C14H20ClN3O2/c1-10-5-6-11(7-16)8-17(10)9-12-13(15)3-2-4-14(12)18(19)20/h2-4,10-11H,5-9,16H2,1H3. The molecule has 1 aromatic rings. The van der Waals surface area contributed by atoms with Gasteiger partial charge in [-0.3, -0.25) is 15.0 Å². The Kier molecular flexibility index (Phi) is 4.96. The van der Waals surface area contributed by atoms with Crippen molar-refractivity contribution in [3.8, 4) is 0 Å². The summed E-state index contributed by atoms with van der Waals surface area (Å²) < 4.78 is 0. The van der Waals surface area contributed by atoms with Gasteiger partial charge in [0, 0.05) is 25.2 Å². The summed E-state index contributed by atoms with van der Waals surface area (Å²) in [5.74, 6) is 0.466. The highest BCUT2D eigenvalue weighted by Crippen LogP contribution is 2.30. The van der Waals surface area contributed by atoms with Crippen LogP contribution >= 0.6 is 11.6 Å². The molecular weight excluding hydrogens is 278 g/mol. The Hall–Kier alpha value is -1.17. The second kappa shape index (κ2) is 6.52. The number of rotatable bonds is 4. The lowest BCUT2D eigenvalue weighted by atomic mass is 9.93. The summed E-state index contributed by atoms with van der Waals surface area (Å²) in [5.41, 5.74) is 6.45. The Morgan fingerprint density at radius 1 is 1.50 bits per heavy atom. The van der Waals surface area contributed by atoms with Gasteiger partial charge in [-0.25, -0.2) is 0 Å². The topological polar surface area (TPSA) is 72.4 Å². The van der Waals surface area contributed by atoms with E-state index in [0.717, 1.165) is 19.4 Å². The summed E-state index contributed by atoms with van der Waals surface area (Å²) in [6.45, 7) is 4.19. The number of nitrogens with zero attached hydrogens (tertiary/aromatic N) is 2. The van der Waals surface area contributed by atoms with Crippen LogP contribution < -0.4 is 5.73 Å². The molecule has 0 radical (unpaired) electrons. The molecule has 1 aliphatic heterocycles. The van der Waals surface area contributed by atoms with Gasteiger partial charge in [0.2, 0.25) is 0 Å². The van der Waals surface area contributed by atoms with E-state index in [2.05, 4.69) is 11.8 Å². The minimum Gasteiger partial charge on any atom is -0.330 e. The molecule has 0 bridgehead atoms. The third-order valence-electron chi connectivity index (χ3n) is 4.09. The van der Waals surface area contributed by atoms with E-state index in [1.807, 2.05) is 0 Å². The highest BCUT2D eigenvalue weighted by Gasteiger charge is 2.27. The van der Waals surface area contributed by atoms with Gasteiger partial charge >= 0.3 is 0 Å². The molecule has 20 heavy (non-hydrogen) atoms. The second-order valence-corrected chi connectivity index (χ2v) is 5.86. The van der Waals surface area contributed by atoms with Gasteiger partial charge < -0.3 is 5.73 Å². The van der Waals surface area contributed by atoms with Crippen LogP contribution in [0.2, 0.25) is 5.02 Å². The maximum absolute atomic E-state index is 11.1. The molecule has 0 amide bonds. The van der Waals surface area contributed by atoms with Crippen molar-refractivity contribution in [3.05, 3.63) is 38.9 Å². The van der Waals surface area contributed by atoms with Crippen LogP contribution in [0.4, 0.5) is 5.69 Å². The SMILES string of the molecule is CC1CCC(CN)CN1Cc1c(Cl)cccc1[N+](=O)[O-]. The zero-order valence-electron chi connectivity index (χ0n) is 11.6. The van der Waals surface area contributed by atoms with Gasteiger partial charge in [-0.1, -0.05) is 17.7 Å². The van der Waals surface area contributed by atoms with Gasteiger partial charge in [0.05, 0.1) is 15.5 Å². The molecule has 2 unspecified atom stereocenters. The average Bonchev–Trinajstić information content (AvgIpc) is 2.43. The largest absolute Gasteiger partial charge is 0.330 e. The van der Waals surface area contributed by atoms with Gasteiger partial charge in [-0.2, -0.15) is 0 Å². The summed E-state index contributed by atoms with van der Waals surface area (Å²) >= 11 is 6.15. The Bertz CT molecular complexity index is 495.